The molecule has 0 spiro atoms. The molecule has 0 bridgehead atoms. The molecule has 0 saturated carbocycles. The lowest BCUT2D eigenvalue weighted by atomic mass is 9.98. The number of aliphatic carboxylic acids is 1. The molecule has 1 atom stereocenters. The summed E-state index contributed by atoms with van der Waals surface area (Å²) in [4.78, 5) is 26.5. The summed E-state index contributed by atoms with van der Waals surface area (Å²) in [6.45, 7) is 6.19. The lowest BCUT2D eigenvalue weighted by Gasteiger charge is -2.30. The SMILES string of the molecule is CCC(C)(N)C(=O)N1CCCN(CC(=O)O)CC1. The molecule has 0 radical (unpaired) electrons. The number of carboxylic acids is 1. The second-order valence-electron chi connectivity index (χ2n) is 5.09. The Morgan fingerprint density at radius 3 is 2.50 bits per heavy atom. The molecule has 1 amide bonds. The number of carbonyl (C=O) groups is 2. The molecule has 0 aromatic heterocycles. The van der Waals surface area contributed by atoms with Crippen LogP contribution < -0.4 is 5.73 Å². The quantitative estimate of drug-likeness (QED) is 0.724. The van der Waals surface area contributed by atoms with E-state index >= 15 is 0 Å². The summed E-state index contributed by atoms with van der Waals surface area (Å²) < 4.78 is 0. The average molecular weight is 257 g/mol. The fraction of sp³-hybridized carbons (Fsp3) is 0.833. The number of nitrogens with two attached hydrogens (primary N) is 1. The van der Waals surface area contributed by atoms with Crippen molar-refractivity contribution < 1.29 is 14.7 Å². The number of carboxylic acid groups (broad SMARTS) is 1. The fourth-order valence-corrected chi connectivity index (χ4v) is 2.04. The highest BCUT2D eigenvalue weighted by Gasteiger charge is 2.31. The van der Waals surface area contributed by atoms with Gasteiger partial charge in [-0.3, -0.25) is 14.5 Å². The van der Waals surface area contributed by atoms with Crippen LogP contribution in [-0.4, -0.2) is 65.0 Å². The maximum Gasteiger partial charge on any atom is 0.317 e. The Bertz CT molecular complexity index is 318. The van der Waals surface area contributed by atoms with Gasteiger partial charge in [0, 0.05) is 26.2 Å². The zero-order chi connectivity index (χ0) is 13.8. The van der Waals surface area contributed by atoms with E-state index in [0.29, 0.717) is 32.6 Å². The van der Waals surface area contributed by atoms with Gasteiger partial charge in [-0.05, 0) is 19.8 Å². The van der Waals surface area contributed by atoms with Gasteiger partial charge in [-0.2, -0.15) is 0 Å². The largest absolute Gasteiger partial charge is 0.480 e. The number of carbonyl (C=O) groups excluding carboxylic acids is 1. The van der Waals surface area contributed by atoms with E-state index in [0.717, 1.165) is 6.42 Å². The van der Waals surface area contributed by atoms with Crippen LogP contribution >= 0.6 is 0 Å². The first kappa shape index (κ1) is 14.9. The van der Waals surface area contributed by atoms with Crippen molar-refractivity contribution in [1.82, 2.24) is 9.80 Å². The maximum absolute atomic E-state index is 12.2. The molecule has 3 N–H and O–H groups in total. The van der Waals surface area contributed by atoms with E-state index in [9.17, 15) is 9.59 Å². The van der Waals surface area contributed by atoms with E-state index < -0.39 is 11.5 Å². The first-order valence-electron chi connectivity index (χ1n) is 6.39. The van der Waals surface area contributed by atoms with Crippen LogP contribution in [-0.2, 0) is 9.59 Å². The van der Waals surface area contributed by atoms with Gasteiger partial charge in [0.15, 0.2) is 0 Å². The van der Waals surface area contributed by atoms with Gasteiger partial charge in [-0.15, -0.1) is 0 Å². The summed E-state index contributed by atoms with van der Waals surface area (Å²) in [5.41, 5.74) is 5.14. The normalized spacial score (nSPS) is 21.2. The standard InChI is InChI=1S/C12H23N3O3/c1-3-12(2,13)11(18)15-6-4-5-14(7-8-15)9-10(16)17/h3-9,13H2,1-2H3,(H,16,17). The van der Waals surface area contributed by atoms with Gasteiger partial charge >= 0.3 is 5.97 Å². The van der Waals surface area contributed by atoms with E-state index in [1.165, 1.54) is 0 Å². The van der Waals surface area contributed by atoms with Crippen molar-refractivity contribution in [3.63, 3.8) is 0 Å². The van der Waals surface area contributed by atoms with Crippen molar-refractivity contribution in [3.05, 3.63) is 0 Å². The summed E-state index contributed by atoms with van der Waals surface area (Å²) in [6.07, 6.45) is 1.39. The minimum atomic E-state index is -0.827. The highest BCUT2D eigenvalue weighted by Crippen LogP contribution is 2.12. The number of amides is 1. The Balaban J connectivity index is 2.56. The van der Waals surface area contributed by atoms with Crippen molar-refractivity contribution >= 4 is 11.9 Å². The minimum absolute atomic E-state index is 0.0374. The van der Waals surface area contributed by atoms with Gasteiger partial charge in [0.1, 0.15) is 0 Å². The van der Waals surface area contributed by atoms with Crippen LogP contribution in [0.3, 0.4) is 0 Å². The molecule has 0 aromatic carbocycles. The smallest absolute Gasteiger partial charge is 0.317 e. The van der Waals surface area contributed by atoms with Gasteiger partial charge in [0.2, 0.25) is 5.91 Å². The van der Waals surface area contributed by atoms with Gasteiger partial charge in [-0.1, -0.05) is 6.92 Å². The van der Waals surface area contributed by atoms with Crippen molar-refractivity contribution in [2.75, 3.05) is 32.7 Å². The molecule has 0 aromatic rings. The van der Waals surface area contributed by atoms with Gasteiger partial charge in [0.25, 0.3) is 0 Å². The number of rotatable bonds is 4. The first-order valence-corrected chi connectivity index (χ1v) is 6.39. The van der Waals surface area contributed by atoms with Crippen LogP contribution in [0.1, 0.15) is 26.7 Å². The molecule has 1 rings (SSSR count). The lowest BCUT2D eigenvalue weighted by Crippen LogP contribution is -2.53. The summed E-state index contributed by atoms with van der Waals surface area (Å²) in [5, 5.41) is 8.76. The zero-order valence-electron chi connectivity index (χ0n) is 11.2. The Hall–Kier alpha value is -1.14. The van der Waals surface area contributed by atoms with E-state index in [1.807, 2.05) is 11.8 Å². The molecule has 6 heteroatoms. The second kappa shape index (κ2) is 6.15. The second-order valence-corrected chi connectivity index (χ2v) is 5.09. The molecule has 1 heterocycles. The van der Waals surface area contributed by atoms with Crippen LogP contribution in [0.2, 0.25) is 0 Å². The predicted octanol–water partition coefficient (Wildman–Crippen LogP) is -0.267. The summed E-state index contributed by atoms with van der Waals surface area (Å²) in [5.74, 6) is -0.867. The third kappa shape index (κ3) is 3.96. The van der Waals surface area contributed by atoms with Crippen LogP contribution in [0.25, 0.3) is 0 Å². The van der Waals surface area contributed by atoms with Crippen LogP contribution in [0, 0.1) is 0 Å². The molecular formula is C12H23N3O3. The highest BCUT2D eigenvalue weighted by molar-refractivity contribution is 5.85. The minimum Gasteiger partial charge on any atom is -0.480 e. The van der Waals surface area contributed by atoms with E-state index in [1.54, 1.807) is 11.8 Å². The number of nitrogens with zero attached hydrogens (tertiary/aromatic N) is 2. The topological polar surface area (TPSA) is 86.9 Å². The average Bonchev–Trinajstić information content (AvgIpc) is 2.53. The molecule has 1 saturated heterocycles. The molecule has 1 unspecified atom stereocenters. The number of hydrogen-bond acceptors (Lipinski definition) is 4. The molecule has 18 heavy (non-hydrogen) atoms. The van der Waals surface area contributed by atoms with E-state index in [2.05, 4.69) is 0 Å². The van der Waals surface area contributed by atoms with E-state index in [-0.39, 0.29) is 12.5 Å². The van der Waals surface area contributed by atoms with Crippen molar-refractivity contribution in [3.8, 4) is 0 Å². The Morgan fingerprint density at radius 1 is 1.28 bits per heavy atom. The first-order chi connectivity index (χ1) is 8.36. The summed E-state index contributed by atoms with van der Waals surface area (Å²) >= 11 is 0. The van der Waals surface area contributed by atoms with E-state index in [4.69, 9.17) is 10.8 Å². The third-order valence-corrected chi connectivity index (χ3v) is 3.46. The maximum atomic E-state index is 12.2. The molecule has 1 aliphatic rings. The molecule has 104 valence electrons. The Morgan fingerprint density at radius 2 is 1.94 bits per heavy atom. The molecule has 1 fully saturated rings. The highest BCUT2D eigenvalue weighted by atomic mass is 16.4. The van der Waals surface area contributed by atoms with Gasteiger partial charge < -0.3 is 15.7 Å². The Kier molecular flexibility index (Phi) is 5.10. The summed E-state index contributed by atoms with van der Waals surface area (Å²) in [6, 6.07) is 0. The summed E-state index contributed by atoms with van der Waals surface area (Å²) in [7, 11) is 0. The predicted molar refractivity (Wildman–Crippen MR) is 68.2 cm³/mol. The lowest BCUT2D eigenvalue weighted by molar-refractivity contribution is -0.138. The van der Waals surface area contributed by atoms with Crippen molar-refractivity contribution in [1.29, 1.82) is 0 Å². The van der Waals surface area contributed by atoms with Crippen molar-refractivity contribution in [2.45, 2.75) is 32.2 Å². The monoisotopic (exact) mass is 257 g/mol. The van der Waals surface area contributed by atoms with Gasteiger partial charge in [-0.25, -0.2) is 0 Å². The van der Waals surface area contributed by atoms with Crippen LogP contribution in [0.4, 0.5) is 0 Å². The molecular weight excluding hydrogens is 234 g/mol. The van der Waals surface area contributed by atoms with Crippen LogP contribution in [0.5, 0.6) is 0 Å². The molecule has 0 aliphatic carbocycles. The zero-order valence-corrected chi connectivity index (χ0v) is 11.2. The Labute approximate surface area is 108 Å². The number of hydrogen-bond donors (Lipinski definition) is 2. The molecule has 1 aliphatic heterocycles. The van der Waals surface area contributed by atoms with Crippen LogP contribution in [0.15, 0.2) is 0 Å². The van der Waals surface area contributed by atoms with Crippen molar-refractivity contribution in [2.24, 2.45) is 5.73 Å². The fourth-order valence-electron chi connectivity index (χ4n) is 2.04. The van der Waals surface area contributed by atoms with Gasteiger partial charge in [0.05, 0.1) is 12.1 Å². The third-order valence-electron chi connectivity index (χ3n) is 3.46. The molecule has 6 nitrogen and oxygen atoms in total.